The number of methoxy groups -OCH3 is 1. The van der Waals surface area contributed by atoms with E-state index in [-0.39, 0.29) is 23.5 Å². The highest BCUT2D eigenvalue weighted by Crippen LogP contribution is 2.20. The molecule has 0 saturated carbocycles. The molecule has 0 aliphatic rings. The van der Waals surface area contributed by atoms with Gasteiger partial charge < -0.3 is 14.0 Å². The fraction of sp³-hybridized carbons (Fsp3) is 0.333. The Labute approximate surface area is 149 Å². The van der Waals surface area contributed by atoms with Crippen molar-refractivity contribution < 1.29 is 18.7 Å². The third kappa shape index (κ3) is 3.41. The standard InChI is InChI=1S/C18H19FN4O3/c1-4-23-16-14(9-20-18(22-16)26-11(2)10-25-3)21-17(23)15(24)12-7-5-6-8-13(12)19/h5-9,11H,4,10H2,1-3H3. The fourth-order valence-electron chi connectivity index (χ4n) is 2.65. The van der Waals surface area contributed by atoms with Crippen molar-refractivity contribution in [3.05, 3.63) is 47.7 Å². The Bertz CT molecular complexity index is 941. The summed E-state index contributed by atoms with van der Waals surface area (Å²) < 4.78 is 26.2. The van der Waals surface area contributed by atoms with Gasteiger partial charge in [0.1, 0.15) is 17.4 Å². The van der Waals surface area contributed by atoms with Crippen LogP contribution in [0.2, 0.25) is 0 Å². The van der Waals surface area contributed by atoms with Crippen LogP contribution in [0.3, 0.4) is 0 Å². The van der Waals surface area contributed by atoms with Gasteiger partial charge in [-0.15, -0.1) is 0 Å². The van der Waals surface area contributed by atoms with Crippen LogP contribution in [-0.2, 0) is 11.3 Å². The molecule has 0 spiro atoms. The summed E-state index contributed by atoms with van der Waals surface area (Å²) in [5.74, 6) is -0.974. The summed E-state index contributed by atoms with van der Waals surface area (Å²) in [5, 5.41) is 0. The molecular formula is C18H19FN4O3. The normalized spacial score (nSPS) is 12.3. The van der Waals surface area contributed by atoms with Crippen LogP contribution in [0.5, 0.6) is 6.01 Å². The molecular weight excluding hydrogens is 339 g/mol. The molecule has 1 atom stereocenters. The smallest absolute Gasteiger partial charge is 0.318 e. The average Bonchev–Trinajstić information content (AvgIpc) is 2.99. The van der Waals surface area contributed by atoms with E-state index in [0.717, 1.165) is 0 Å². The van der Waals surface area contributed by atoms with Gasteiger partial charge >= 0.3 is 6.01 Å². The van der Waals surface area contributed by atoms with Crippen LogP contribution < -0.4 is 4.74 Å². The molecule has 0 fully saturated rings. The number of rotatable bonds is 7. The van der Waals surface area contributed by atoms with Crippen molar-refractivity contribution in [3.63, 3.8) is 0 Å². The maximum absolute atomic E-state index is 14.0. The van der Waals surface area contributed by atoms with E-state index in [1.165, 1.54) is 24.4 Å². The third-order valence-corrected chi connectivity index (χ3v) is 3.81. The fourth-order valence-corrected chi connectivity index (χ4v) is 2.65. The minimum Gasteiger partial charge on any atom is -0.458 e. The summed E-state index contributed by atoms with van der Waals surface area (Å²) in [6, 6.07) is 5.99. The number of halogens is 1. The molecule has 0 aliphatic carbocycles. The maximum Gasteiger partial charge on any atom is 0.318 e. The van der Waals surface area contributed by atoms with Gasteiger partial charge in [-0.05, 0) is 26.0 Å². The van der Waals surface area contributed by atoms with Crippen LogP contribution in [0.25, 0.3) is 11.2 Å². The van der Waals surface area contributed by atoms with E-state index < -0.39 is 11.6 Å². The number of aryl methyl sites for hydroxylation is 1. The van der Waals surface area contributed by atoms with E-state index in [1.54, 1.807) is 17.7 Å². The van der Waals surface area contributed by atoms with Crippen LogP contribution in [0.15, 0.2) is 30.5 Å². The van der Waals surface area contributed by atoms with Gasteiger partial charge in [0.15, 0.2) is 11.5 Å². The Kier molecular flexibility index (Phi) is 5.22. The molecule has 2 aromatic heterocycles. The second-order valence-electron chi connectivity index (χ2n) is 5.73. The predicted octanol–water partition coefficient (Wildman–Crippen LogP) is 2.63. The molecule has 26 heavy (non-hydrogen) atoms. The topological polar surface area (TPSA) is 79.1 Å². The quantitative estimate of drug-likeness (QED) is 0.604. The summed E-state index contributed by atoms with van der Waals surface area (Å²) in [7, 11) is 1.58. The Morgan fingerprint density at radius 3 is 2.77 bits per heavy atom. The van der Waals surface area contributed by atoms with Crippen molar-refractivity contribution in [3.8, 4) is 6.01 Å². The number of imidazole rings is 1. The first-order valence-electron chi connectivity index (χ1n) is 8.23. The molecule has 0 saturated heterocycles. The molecule has 0 bridgehead atoms. The van der Waals surface area contributed by atoms with E-state index in [0.29, 0.717) is 24.3 Å². The molecule has 1 unspecified atom stereocenters. The van der Waals surface area contributed by atoms with Gasteiger partial charge in [0.05, 0.1) is 18.4 Å². The number of aromatic nitrogens is 4. The first-order valence-corrected chi connectivity index (χ1v) is 8.23. The number of benzene rings is 1. The van der Waals surface area contributed by atoms with Crippen molar-refractivity contribution in [2.24, 2.45) is 0 Å². The van der Waals surface area contributed by atoms with Gasteiger partial charge in [-0.3, -0.25) is 4.79 Å². The van der Waals surface area contributed by atoms with Gasteiger partial charge in [-0.25, -0.2) is 14.4 Å². The molecule has 3 rings (SSSR count). The molecule has 0 N–H and O–H groups in total. The third-order valence-electron chi connectivity index (χ3n) is 3.81. The minimum absolute atomic E-state index is 0.0318. The van der Waals surface area contributed by atoms with Gasteiger partial charge in [0, 0.05) is 13.7 Å². The van der Waals surface area contributed by atoms with E-state index >= 15 is 0 Å². The van der Waals surface area contributed by atoms with Crippen molar-refractivity contribution in [1.82, 2.24) is 19.5 Å². The monoisotopic (exact) mass is 358 g/mol. The van der Waals surface area contributed by atoms with E-state index in [9.17, 15) is 9.18 Å². The van der Waals surface area contributed by atoms with Gasteiger partial charge in [-0.1, -0.05) is 12.1 Å². The highest BCUT2D eigenvalue weighted by Gasteiger charge is 2.22. The van der Waals surface area contributed by atoms with Crippen LogP contribution in [-0.4, -0.2) is 45.1 Å². The SMILES string of the molecule is CCn1c(C(=O)c2ccccc2F)nc2cnc(OC(C)COC)nc21. The first-order chi connectivity index (χ1) is 12.5. The van der Waals surface area contributed by atoms with Crippen molar-refractivity contribution in [1.29, 1.82) is 0 Å². The lowest BCUT2D eigenvalue weighted by atomic mass is 10.1. The summed E-state index contributed by atoms with van der Waals surface area (Å²) in [6.45, 7) is 4.53. The Hall–Kier alpha value is -2.87. The van der Waals surface area contributed by atoms with Crippen LogP contribution in [0, 0.1) is 5.82 Å². The molecule has 0 aliphatic heterocycles. The molecule has 0 amide bonds. The Morgan fingerprint density at radius 1 is 1.31 bits per heavy atom. The molecule has 2 heterocycles. The lowest BCUT2D eigenvalue weighted by Gasteiger charge is -2.11. The molecule has 1 aromatic carbocycles. The Balaban J connectivity index is 2.02. The molecule has 7 nitrogen and oxygen atoms in total. The first kappa shape index (κ1) is 17.9. The van der Waals surface area contributed by atoms with Crippen molar-refractivity contribution in [2.45, 2.75) is 26.5 Å². The molecule has 3 aromatic rings. The van der Waals surface area contributed by atoms with Crippen molar-refractivity contribution in [2.75, 3.05) is 13.7 Å². The number of ketones is 1. The van der Waals surface area contributed by atoms with Crippen LogP contribution in [0.1, 0.15) is 30.0 Å². The van der Waals surface area contributed by atoms with E-state index in [1.807, 2.05) is 13.8 Å². The van der Waals surface area contributed by atoms with Gasteiger partial charge in [0.25, 0.3) is 0 Å². The van der Waals surface area contributed by atoms with Gasteiger partial charge in [0.2, 0.25) is 5.78 Å². The number of carbonyl (C=O) groups excluding carboxylic acids is 1. The minimum atomic E-state index is -0.587. The molecule has 8 heteroatoms. The van der Waals surface area contributed by atoms with Gasteiger partial charge in [-0.2, -0.15) is 4.98 Å². The largest absolute Gasteiger partial charge is 0.458 e. The second kappa shape index (κ2) is 7.57. The van der Waals surface area contributed by atoms with Crippen molar-refractivity contribution >= 4 is 16.9 Å². The lowest BCUT2D eigenvalue weighted by molar-refractivity contribution is 0.0857. The zero-order chi connectivity index (χ0) is 18.7. The summed E-state index contributed by atoms with van der Waals surface area (Å²) in [6.07, 6.45) is 1.26. The van der Waals surface area contributed by atoms with E-state index in [2.05, 4.69) is 15.0 Å². The predicted molar refractivity (Wildman–Crippen MR) is 92.8 cm³/mol. The number of ether oxygens (including phenoxy) is 2. The number of fused-ring (bicyclic) bond motifs is 1. The van der Waals surface area contributed by atoms with E-state index in [4.69, 9.17) is 9.47 Å². The number of hydrogen-bond acceptors (Lipinski definition) is 6. The average molecular weight is 358 g/mol. The summed E-state index contributed by atoms with van der Waals surface area (Å²) in [4.78, 5) is 25.5. The Morgan fingerprint density at radius 2 is 2.08 bits per heavy atom. The number of hydrogen-bond donors (Lipinski definition) is 0. The summed E-state index contributed by atoms with van der Waals surface area (Å²) >= 11 is 0. The maximum atomic E-state index is 14.0. The zero-order valence-electron chi connectivity index (χ0n) is 14.8. The van der Waals surface area contributed by atoms with Crippen LogP contribution >= 0.6 is 0 Å². The number of nitrogens with zero attached hydrogens (tertiary/aromatic N) is 4. The van der Waals surface area contributed by atoms with Crippen LogP contribution in [0.4, 0.5) is 4.39 Å². The molecule has 0 radical (unpaired) electrons. The highest BCUT2D eigenvalue weighted by molar-refractivity contribution is 6.08. The zero-order valence-corrected chi connectivity index (χ0v) is 14.8. The summed E-state index contributed by atoms with van der Waals surface area (Å²) in [5.41, 5.74) is 0.871. The second-order valence-corrected chi connectivity index (χ2v) is 5.73. The highest BCUT2D eigenvalue weighted by atomic mass is 19.1. The molecule has 136 valence electrons. The number of carbonyl (C=O) groups is 1. The lowest BCUT2D eigenvalue weighted by Crippen LogP contribution is -2.19.